The van der Waals surface area contributed by atoms with Crippen LogP contribution in [0.1, 0.15) is 0 Å². The minimum Gasteiger partial charge on any atom is -0.452 e. The molecule has 0 spiro atoms. The molecule has 0 aliphatic rings. The third-order valence-electron chi connectivity index (χ3n) is 1.64. The molecule has 0 aromatic heterocycles. The Bertz CT molecular complexity index is 236. The summed E-state index contributed by atoms with van der Waals surface area (Å²) in [7, 11) is -3.51. The highest BCUT2D eigenvalue weighted by Crippen LogP contribution is 2.20. The van der Waals surface area contributed by atoms with Gasteiger partial charge in [0.1, 0.15) is 0 Å². The summed E-state index contributed by atoms with van der Waals surface area (Å²) in [5.41, 5.74) is 4.63. The molecule has 1 nitrogen and oxygen atoms in total. The average molecular weight is 322 g/mol. The first kappa shape index (κ1) is 16.2. The van der Waals surface area contributed by atoms with E-state index in [1.165, 1.54) is 0 Å². The second-order valence-electron chi connectivity index (χ2n) is 4.89. The van der Waals surface area contributed by atoms with Gasteiger partial charge in [0, 0.05) is 5.50 Å². The van der Waals surface area contributed by atoms with Crippen LogP contribution in [-0.2, 0) is 4.12 Å². The molecule has 0 aromatic carbocycles. The van der Waals surface area contributed by atoms with Crippen LogP contribution in [0.4, 0.5) is 0 Å². The minimum atomic E-state index is -2.15. The van der Waals surface area contributed by atoms with Crippen molar-refractivity contribution in [3.05, 3.63) is 11.4 Å². The van der Waals surface area contributed by atoms with Gasteiger partial charge in [-0.25, -0.2) is 0 Å². The van der Waals surface area contributed by atoms with Crippen molar-refractivity contribution in [1.29, 1.82) is 0 Å². The first-order valence-electron chi connectivity index (χ1n) is 4.82. The molecule has 0 aliphatic carbocycles. The highest BCUT2D eigenvalue weighted by Gasteiger charge is 2.31. The predicted molar refractivity (Wildman–Crippen MR) is 79.2 cm³/mol. The van der Waals surface area contributed by atoms with Gasteiger partial charge in [-0.05, 0) is 32.7 Å². The van der Waals surface area contributed by atoms with Gasteiger partial charge in [-0.2, -0.15) is 0 Å². The normalized spacial score (nSPS) is 14.9. The summed E-state index contributed by atoms with van der Waals surface area (Å²) in [4.78, 5) is 0. The predicted octanol–water partition coefficient (Wildman–Crippen LogP) is 4.38. The van der Waals surface area contributed by atoms with Crippen molar-refractivity contribution >= 4 is 57.1 Å². The molecule has 0 amide bonds. The Balaban J connectivity index is 4.51. The highest BCUT2D eigenvalue weighted by molar-refractivity contribution is 7.47. The molecule has 15 heavy (non-hydrogen) atoms. The van der Waals surface area contributed by atoms with E-state index in [1.807, 2.05) is 12.2 Å². The largest absolute Gasteiger partial charge is 0.452 e. The van der Waals surface area contributed by atoms with Gasteiger partial charge in [0.05, 0.1) is 0 Å². The van der Waals surface area contributed by atoms with Crippen molar-refractivity contribution in [2.45, 2.75) is 32.7 Å². The Morgan fingerprint density at radius 1 is 1.00 bits per heavy atom. The van der Waals surface area contributed by atoms with Gasteiger partial charge in [-0.1, -0.05) is 11.4 Å². The number of hydrogen-bond acceptors (Lipinski definition) is 1. The van der Waals surface area contributed by atoms with Gasteiger partial charge < -0.3 is 4.12 Å². The zero-order valence-electron chi connectivity index (χ0n) is 9.90. The van der Waals surface area contributed by atoms with Crippen LogP contribution in [0, 0.1) is 0 Å². The molecule has 0 unspecified atom stereocenters. The number of rotatable bonds is 5. The minimum absolute atomic E-state index is 0.619. The smallest absolute Gasteiger partial charge is 0.270 e. The Hall–Kier alpha value is 1.22. The lowest BCUT2D eigenvalue weighted by molar-refractivity contribution is 0.563. The van der Waals surface area contributed by atoms with Gasteiger partial charge in [-0.3, -0.25) is 0 Å². The number of halogens is 3. The summed E-state index contributed by atoms with van der Waals surface area (Å²) < 4.78 is 6.13. The van der Waals surface area contributed by atoms with Crippen LogP contribution in [-0.4, -0.2) is 28.8 Å². The van der Waals surface area contributed by atoms with Gasteiger partial charge in [-0.15, -0.1) is 33.8 Å². The van der Waals surface area contributed by atoms with E-state index >= 15 is 0 Å². The fourth-order valence-corrected chi connectivity index (χ4v) is 11.7. The summed E-state index contributed by atoms with van der Waals surface area (Å²) in [5, 5.41) is 0. The van der Waals surface area contributed by atoms with Crippen molar-refractivity contribution in [2.24, 2.45) is 0 Å². The Morgan fingerprint density at radius 2 is 1.47 bits per heavy atom. The molecule has 90 valence electrons. The van der Waals surface area contributed by atoms with E-state index in [9.17, 15) is 0 Å². The molecule has 0 aromatic rings. The second-order valence-corrected chi connectivity index (χ2v) is 21.4. The van der Waals surface area contributed by atoms with Crippen molar-refractivity contribution in [1.82, 2.24) is 0 Å². The molecule has 0 aliphatic heterocycles. The van der Waals surface area contributed by atoms with Crippen LogP contribution >= 0.6 is 33.8 Å². The lowest BCUT2D eigenvalue weighted by Gasteiger charge is -2.30. The molecule has 0 rings (SSSR count). The SMILES string of the molecule is C[Si](Cl)(Cl)C=C[Si](C)(C)O[Si](C)(C)CCl. The molecule has 0 N–H and O–H groups in total. The monoisotopic (exact) mass is 320 g/mol. The molecule has 7 heteroatoms. The molecule has 0 bridgehead atoms. The standard InChI is InChI=1S/C8H19Cl3OSi3/c1-13(2,6-7-15(5,10)11)12-14(3,4)8-9/h6-7H,8H2,1-5H3. The first-order valence-corrected chi connectivity index (χ1v) is 16.1. The van der Waals surface area contributed by atoms with Crippen LogP contribution in [0.15, 0.2) is 11.4 Å². The molecule has 0 saturated heterocycles. The maximum absolute atomic E-state index is 6.13. The maximum atomic E-state index is 6.13. The van der Waals surface area contributed by atoms with E-state index in [4.69, 9.17) is 37.9 Å². The van der Waals surface area contributed by atoms with Crippen LogP contribution in [0.3, 0.4) is 0 Å². The Kier molecular flexibility index (Phi) is 6.17. The summed E-state index contributed by atoms with van der Waals surface area (Å²) >= 11 is 17.9. The third kappa shape index (κ3) is 8.97. The van der Waals surface area contributed by atoms with E-state index < -0.39 is 23.3 Å². The Morgan fingerprint density at radius 3 is 1.80 bits per heavy atom. The van der Waals surface area contributed by atoms with Crippen LogP contribution < -0.4 is 0 Å². The topological polar surface area (TPSA) is 9.23 Å². The van der Waals surface area contributed by atoms with E-state index in [0.29, 0.717) is 5.50 Å². The first-order chi connectivity index (χ1) is 6.47. The average Bonchev–Trinajstić information content (AvgIpc) is 1.98. The van der Waals surface area contributed by atoms with Crippen molar-refractivity contribution in [3.63, 3.8) is 0 Å². The lowest BCUT2D eigenvalue weighted by atomic mass is 11.2. The quantitative estimate of drug-likeness (QED) is 0.415. The van der Waals surface area contributed by atoms with Crippen molar-refractivity contribution in [3.8, 4) is 0 Å². The van der Waals surface area contributed by atoms with E-state index in [-0.39, 0.29) is 0 Å². The number of alkyl halides is 1. The van der Waals surface area contributed by atoms with E-state index in [1.54, 1.807) is 0 Å². The highest BCUT2D eigenvalue weighted by atomic mass is 35.7. The van der Waals surface area contributed by atoms with Gasteiger partial charge in [0.25, 0.3) is 6.69 Å². The summed E-state index contributed by atoms with van der Waals surface area (Å²) in [6.07, 6.45) is 0. The summed E-state index contributed by atoms with van der Waals surface area (Å²) in [5.74, 6) is 0. The van der Waals surface area contributed by atoms with E-state index in [2.05, 4.69) is 31.9 Å². The molecule has 0 fully saturated rings. The molecule has 0 heterocycles. The zero-order valence-corrected chi connectivity index (χ0v) is 15.2. The molecular weight excluding hydrogens is 303 g/mol. The van der Waals surface area contributed by atoms with Gasteiger partial charge >= 0.3 is 0 Å². The second kappa shape index (κ2) is 5.71. The molecule has 0 saturated carbocycles. The van der Waals surface area contributed by atoms with Crippen LogP contribution in [0.2, 0.25) is 32.7 Å². The van der Waals surface area contributed by atoms with Crippen LogP contribution in [0.5, 0.6) is 0 Å². The van der Waals surface area contributed by atoms with Crippen molar-refractivity contribution in [2.75, 3.05) is 5.50 Å². The van der Waals surface area contributed by atoms with Crippen LogP contribution in [0.25, 0.3) is 0 Å². The fraction of sp³-hybridized carbons (Fsp3) is 0.750. The lowest BCUT2D eigenvalue weighted by Crippen LogP contribution is -2.45. The fourth-order valence-electron chi connectivity index (χ4n) is 1.12. The summed E-state index contributed by atoms with van der Waals surface area (Å²) in [6.45, 7) is 8.25. The van der Waals surface area contributed by atoms with E-state index in [0.717, 1.165) is 0 Å². The third-order valence-corrected chi connectivity index (χ3v) is 11.3. The summed E-state index contributed by atoms with van der Waals surface area (Å²) in [6, 6.07) is 0. The molecule has 0 atom stereocenters. The maximum Gasteiger partial charge on any atom is 0.270 e. The molecule has 0 radical (unpaired) electrons. The number of hydrogen-bond donors (Lipinski definition) is 0. The molecular formula is C8H19Cl3OSi3. The van der Waals surface area contributed by atoms with Gasteiger partial charge in [0.2, 0.25) is 0 Å². The van der Waals surface area contributed by atoms with Crippen molar-refractivity contribution < 1.29 is 4.12 Å². The van der Waals surface area contributed by atoms with Gasteiger partial charge in [0.15, 0.2) is 16.6 Å². The Labute approximate surface area is 110 Å². The zero-order chi connectivity index (χ0) is 12.3.